The topological polar surface area (TPSA) is 145 Å². The zero-order valence-electron chi connectivity index (χ0n) is 23.2. The highest BCUT2D eigenvalue weighted by Gasteiger charge is 2.22. The van der Waals surface area contributed by atoms with Crippen LogP contribution >= 0.6 is 12.6 Å². The van der Waals surface area contributed by atoms with Gasteiger partial charge < -0.3 is 26.2 Å². The largest absolute Gasteiger partial charge is 0.480 e. The van der Waals surface area contributed by atoms with Crippen LogP contribution in [0.4, 0.5) is 0 Å². The first kappa shape index (κ1) is 35.9. The van der Waals surface area contributed by atoms with Crippen LogP contribution in [0.3, 0.4) is 0 Å². The average Bonchev–Trinajstić information content (AvgIpc) is 2.88. The van der Waals surface area contributed by atoms with E-state index in [0.717, 1.165) is 25.7 Å². The maximum Gasteiger partial charge on any atom is 0.322 e. The van der Waals surface area contributed by atoms with Crippen LogP contribution < -0.4 is 16.0 Å². The molecule has 10 heteroatoms. The zero-order chi connectivity index (χ0) is 28.4. The summed E-state index contributed by atoms with van der Waals surface area (Å²) in [5, 5.41) is 25.7. The predicted octanol–water partition coefficient (Wildman–Crippen LogP) is 4.46. The van der Waals surface area contributed by atoms with Gasteiger partial charge in [0.05, 0.1) is 0 Å². The number of hydrogen-bond donors (Lipinski definition) is 6. The first-order valence-corrected chi connectivity index (χ1v) is 15.0. The van der Waals surface area contributed by atoms with Crippen molar-refractivity contribution in [2.45, 2.75) is 122 Å². The van der Waals surface area contributed by atoms with E-state index in [0.29, 0.717) is 6.54 Å². The Balaban J connectivity index is 3.86. The number of amides is 2. The third-order valence-corrected chi connectivity index (χ3v) is 6.65. The summed E-state index contributed by atoms with van der Waals surface area (Å²) in [7, 11) is 0. The molecule has 220 valence electrons. The van der Waals surface area contributed by atoms with Gasteiger partial charge in [0.2, 0.25) is 11.8 Å². The molecule has 0 aliphatic rings. The fourth-order valence-corrected chi connectivity index (χ4v) is 4.24. The van der Waals surface area contributed by atoms with Gasteiger partial charge in [0.1, 0.15) is 18.6 Å². The highest BCUT2D eigenvalue weighted by Crippen LogP contribution is 2.10. The van der Waals surface area contributed by atoms with Crippen LogP contribution in [0.5, 0.6) is 0 Å². The number of carbonyl (C=O) groups is 4. The first-order chi connectivity index (χ1) is 18.3. The Kier molecular flexibility index (Phi) is 23.8. The smallest absolute Gasteiger partial charge is 0.322 e. The van der Waals surface area contributed by atoms with Crippen molar-refractivity contribution < 1.29 is 29.4 Å². The number of unbranched alkanes of at least 4 members (excludes halogenated alkanes) is 12. The van der Waals surface area contributed by atoms with Gasteiger partial charge in [-0.2, -0.15) is 12.6 Å². The van der Waals surface area contributed by atoms with E-state index < -0.39 is 42.4 Å². The lowest BCUT2D eigenvalue weighted by atomic mass is 10.1. The third kappa shape index (κ3) is 22.0. The summed E-state index contributed by atoms with van der Waals surface area (Å²) in [6.07, 6.45) is 21.7. The summed E-state index contributed by atoms with van der Waals surface area (Å²) in [5.41, 5.74) is 0. The Labute approximate surface area is 234 Å². The Morgan fingerprint density at radius 2 is 1.34 bits per heavy atom. The molecule has 0 aliphatic heterocycles. The van der Waals surface area contributed by atoms with Gasteiger partial charge >= 0.3 is 11.9 Å². The summed E-state index contributed by atoms with van der Waals surface area (Å²) in [6.45, 7) is 2.26. The average molecular weight is 558 g/mol. The number of nitrogens with one attached hydrogen (secondary N) is 3. The van der Waals surface area contributed by atoms with Crippen LogP contribution in [0.2, 0.25) is 0 Å². The number of carboxylic acid groups (broad SMARTS) is 2. The van der Waals surface area contributed by atoms with E-state index in [4.69, 9.17) is 5.11 Å². The lowest BCUT2D eigenvalue weighted by Crippen LogP contribution is -2.49. The number of rotatable bonds is 26. The molecule has 0 unspecified atom stereocenters. The second kappa shape index (κ2) is 25.2. The molecular weight excluding hydrogens is 506 g/mol. The van der Waals surface area contributed by atoms with E-state index in [9.17, 15) is 24.3 Å². The summed E-state index contributed by atoms with van der Waals surface area (Å²) in [6, 6.07) is -1.83. The second-order valence-corrected chi connectivity index (χ2v) is 10.1. The zero-order valence-corrected chi connectivity index (χ0v) is 24.1. The fourth-order valence-electron chi connectivity index (χ4n) is 3.98. The van der Waals surface area contributed by atoms with E-state index >= 15 is 0 Å². The summed E-state index contributed by atoms with van der Waals surface area (Å²) >= 11 is 4.01. The monoisotopic (exact) mass is 557 g/mol. The molecule has 0 radical (unpaired) electrons. The predicted molar refractivity (Wildman–Crippen MR) is 155 cm³/mol. The van der Waals surface area contributed by atoms with E-state index in [1.807, 2.05) is 0 Å². The molecule has 0 fully saturated rings. The molecule has 38 heavy (non-hydrogen) atoms. The minimum absolute atomic E-state index is 0.00619. The first-order valence-electron chi connectivity index (χ1n) is 14.3. The van der Waals surface area contributed by atoms with Crippen molar-refractivity contribution in [1.29, 1.82) is 0 Å². The molecule has 0 aromatic carbocycles. The molecule has 0 rings (SSSR count). The molecule has 0 spiro atoms. The molecule has 0 aromatic rings. The van der Waals surface area contributed by atoms with E-state index in [1.165, 1.54) is 64.2 Å². The van der Waals surface area contributed by atoms with Crippen LogP contribution in [0.25, 0.3) is 0 Å². The number of hydrogen-bond acceptors (Lipinski definition) is 6. The summed E-state index contributed by atoms with van der Waals surface area (Å²) in [5.74, 6) is -3.36. The quantitative estimate of drug-likeness (QED) is 0.0523. The van der Waals surface area contributed by atoms with Gasteiger partial charge in [-0.25, -0.2) is 0 Å². The molecule has 0 heterocycles. The standard InChI is InChI=1S/C28H51N3O6S/c1-2-3-4-5-6-7-8-9-10-11-12-13-14-15-16-17-20-29-23(28(36)37)18-19-25(32)31-24(22-38)27(35)30-21-26(33)34/h9-10,23-24,29,38H,2-8,11-22H2,1H3,(H,30,35)(H,31,32)(H,33,34)(H,36,37)/b10-9-/t23-,24-/m0/s1. The lowest BCUT2D eigenvalue weighted by molar-refractivity contribution is -0.140. The van der Waals surface area contributed by atoms with Gasteiger partial charge in [0.25, 0.3) is 0 Å². The third-order valence-electron chi connectivity index (χ3n) is 6.29. The minimum atomic E-state index is -1.19. The van der Waals surface area contributed by atoms with E-state index in [2.05, 4.69) is 47.7 Å². The molecule has 2 amide bonds. The Hall–Kier alpha value is -2.07. The van der Waals surface area contributed by atoms with Gasteiger partial charge in [0, 0.05) is 12.2 Å². The molecule has 5 N–H and O–H groups in total. The van der Waals surface area contributed by atoms with Crippen molar-refractivity contribution >= 4 is 36.4 Å². The molecule has 0 saturated carbocycles. The van der Waals surface area contributed by atoms with Crippen molar-refractivity contribution in [1.82, 2.24) is 16.0 Å². The van der Waals surface area contributed by atoms with Crippen LogP contribution in [0, 0.1) is 0 Å². The number of aliphatic carboxylic acids is 2. The van der Waals surface area contributed by atoms with Gasteiger partial charge in [-0.1, -0.05) is 76.9 Å². The van der Waals surface area contributed by atoms with Gasteiger partial charge in [-0.05, 0) is 45.1 Å². The summed E-state index contributed by atoms with van der Waals surface area (Å²) in [4.78, 5) is 46.1. The molecule has 2 atom stereocenters. The maximum atomic E-state index is 12.1. The van der Waals surface area contributed by atoms with Gasteiger partial charge in [0.15, 0.2) is 0 Å². The lowest BCUT2D eigenvalue weighted by Gasteiger charge is -2.17. The Morgan fingerprint density at radius 1 is 0.789 bits per heavy atom. The van der Waals surface area contributed by atoms with Crippen molar-refractivity contribution in [2.75, 3.05) is 18.8 Å². The highest BCUT2D eigenvalue weighted by atomic mass is 32.1. The second-order valence-electron chi connectivity index (χ2n) is 9.74. The Bertz CT molecular complexity index is 690. The van der Waals surface area contributed by atoms with Crippen LogP contribution in [0.15, 0.2) is 12.2 Å². The van der Waals surface area contributed by atoms with Crippen LogP contribution in [0.1, 0.15) is 110 Å². The molecule has 9 nitrogen and oxygen atoms in total. The van der Waals surface area contributed by atoms with Crippen molar-refractivity contribution in [3.05, 3.63) is 12.2 Å². The molecule has 0 bridgehead atoms. The van der Waals surface area contributed by atoms with Crippen molar-refractivity contribution in [3.63, 3.8) is 0 Å². The fraction of sp³-hybridized carbons (Fsp3) is 0.786. The molecule has 0 saturated heterocycles. The molecular formula is C28H51N3O6S. The number of thiol groups is 1. The van der Waals surface area contributed by atoms with Gasteiger partial charge in [-0.15, -0.1) is 0 Å². The minimum Gasteiger partial charge on any atom is -0.480 e. The van der Waals surface area contributed by atoms with Crippen molar-refractivity contribution in [3.8, 4) is 0 Å². The van der Waals surface area contributed by atoms with Gasteiger partial charge in [-0.3, -0.25) is 19.2 Å². The maximum absolute atomic E-state index is 12.1. The van der Waals surface area contributed by atoms with Crippen LogP contribution in [-0.2, 0) is 19.2 Å². The highest BCUT2D eigenvalue weighted by molar-refractivity contribution is 7.80. The number of carboxylic acids is 2. The normalized spacial score (nSPS) is 12.8. The van der Waals surface area contributed by atoms with Crippen molar-refractivity contribution in [2.24, 2.45) is 0 Å². The number of allylic oxidation sites excluding steroid dienone is 2. The summed E-state index contributed by atoms with van der Waals surface area (Å²) < 4.78 is 0. The molecule has 0 aliphatic carbocycles. The SMILES string of the molecule is CCCCCCCC/C=C\CCCCCCCCN[C@@H](CCC(=O)N[C@@H](CS)C(=O)NCC(=O)O)C(=O)O. The van der Waals surface area contributed by atoms with E-state index in [-0.39, 0.29) is 18.6 Å². The Morgan fingerprint density at radius 3 is 1.87 bits per heavy atom. The molecule has 0 aromatic heterocycles. The van der Waals surface area contributed by atoms with Crippen LogP contribution in [-0.4, -0.2) is 64.9 Å². The number of carbonyl (C=O) groups excluding carboxylic acids is 2. The van der Waals surface area contributed by atoms with E-state index in [1.54, 1.807) is 0 Å².